The molecule has 1 heterocycles. The normalized spacial score (nSPS) is 11.5. The molecule has 0 aliphatic carbocycles. The van der Waals surface area contributed by atoms with Crippen molar-refractivity contribution in [3.8, 4) is 11.8 Å². The lowest BCUT2D eigenvalue weighted by atomic mass is 10.1. The van der Waals surface area contributed by atoms with E-state index in [4.69, 9.17) is 11.6 Å². The van der Waals surface area contributed by atoms with Gasteiger partial charge in [-0.1, -0.05) is 35.9 Å². The van der Waals surface area contributed by atoms with Gasteiger partial charge >= 0.3 is 6.18 Å². The van der Waals surface area contributed by atoms with E-state index in [9.17, 15) is 23.2 Å². The first-order valence-electron chi connectivity index (χ1n) is 6.75. The van der Waals surface area contributed by atoms with Gasteiger partial charge in [-0.15, -0.1) is 0 Å². The Bertz CT molecular complexity index is 1030. The molecule has 24 heavy (non-hydrogen) atoms. The molecule has 120 valence electrons. The molecule has 3 rings (SSSR count). The molecule has 3 nitrogen and oxygen atoms in total. The Kier molecular flexibility index (Phi) is 3.82. The molecule has 0 N–H and O–H groups in total. The Morgan fingerprint density at radius 1 is 1.08 bits per heavy atom. The fourth-order valence-corrected chi connectivity index (χ4v) is 2.74. The Morgan fingerprint density at radius 2 is 1.75 bits per heavy atom. The quantitative estimate of drug-likeness (QED) is 0.648. The Balaban J connectivity index is 2.52. The summed E-state index contributed by atoms with van der Waals surface area (Å²) in [5.41, 5.74) is -1.64. The number of halogens is 4. The van der Waals surface area contributed by atoms with Crippen LogP contribution in [0.15, 0.2) is 53.3 Å². The van der Waals surface area contributed by atoms with Crippen molar-refractivity contribution in [2.24, 2.45) is 0 Å². The first kappa shape index (κ1) is 16.1. The van der Waals surface area contributed by atoms with Gasteiger partial charge in [0, 0.05) is 11.1 Å². The van der Waals surface area contributed by atoms with Crippen LogP contribution in [0.1, 0.15) is 11.1 Å². The van der Waals surface area contributed by atoms with Crippen LogP contribution < -0.4 is 5.56 Å². The highest BCUT2D eigenvalue weighted by Crippen LogP contribution is 2.34. The van der Waals surface area contributed by atoms with Gasteiger partial charge in [0.05, 0.1) is 16.1 Å². The molecule has 2 aromatic carbocycles. The van der Waals surface area contributed by atoms with Crippen molar-refractivity contribution in [2.45, 2.75) is 6.18 Å². The highest BCUT2D eigenvalue weighted by molar-refractivity contribution is 6.36. The van der Waals surface area contributed by atoms with Crippen molar-refractivity contribution < 1.29 is 13.2 Å². The van der Waals surface area contributed by atoms with E-state index in [2.05, 4.69) is 0 Å². The van der Waals surface area contributed by atoms with E-state index in [0.29, 0.717) is 5.69 Å². The zero-order valence-corrected chi connectivity index (χ0v) is 12.7. The average molecular weight is 349 g/mol. The van der Waals surface area contributed by atoms with Crippen LogP contribution in [0.2, 0.25) is 5.02 Å². The Hall–Kier alpha value is -2.78. The number of benzene rings is 2. The van der Waals surface area contributed by atoms with E-state index in [-0.39, 0.29) is 21.5 Å². The van der Waals surface area contributed by atoms with Gasteiger partial charge in [0.1, 0.15) is 11.6 Å². The third kappa shape index (κ3) is 2.53. The molecule has 0 atom stereocenters. The molecule has 0 bridgehead atoms. The molecule has 0 radical (unpaired) electrons. The van der Waals surface area contributed by atoms with Crippen molar-refractivity contribution in [3.63, 3.8) is 0 Å². The van der Waals surface area contributed by atoms with E-state index in [1.165, 1.54) is 6.07 Å². The smallest absolute Gasteiger partial charge is 0.276 e. The number of nitrogens with zero attached hydrogens (tertiary/aromatic N) is 2. The number of rotatable bonds is 1. The Morgan fingerprint density at radius 3 is 2.33 bits per heavy atom. The summed E-state index contributed by atoms with van der Waals surface area (Å²) >= 11 is 6.06. The molecule has 0 aliphatic rings. The average Bonchev–Trinajstić information content (AvgIpc) is 2.55. The van der Waals surface area contributed by atoms with Crippen molar-refractivity contribution in [1.82, 2.24) is 4.57 Å². The lowest BCUT2D eigenvalue weighted by molar-refractivity contribution is -0.137. The highest BCUT2D eigenvalue weighted by atomic mass is 35.5. The van der Waals surface area contributed by atoms with Crippen LogP contribution in [-0.2, 0) is 6.18 Å². The maximum Gasteiger partial charge on any atom is 0.416 e. The maximum atomic E-state index is 13.0. The third-order valence-electron chi connectivity index (χ3n) is 3.57. The van der Waals surface area contributed by atoms with Crippen molar-refractivity contribution in [1.29, 1.82) is 5.26 Å². The van der Waals surface area contributed by atoms with E-state index >= 15 is 0 Å². The molecule has 3 aromatic rings. The van der Waals surface area contributed by atoms with E-state index < -0.39 is 17.3 Å². The summed E-state index contributed by atoms with van der Waals surface area (Å²) in [6.45, 7) is 0. The van der Waals surface area contributed by atoms with Crippen molar-refractivity contribution in [2.75, 3.05) is 0 Å². The lowest BCUT2D eigenvalue weighted by Crippen LogP contribution is -2.22. The van der Waals surface area contributed by atoms with E-state index in [1.54, 1.807) is 36.4 Å². The standard InChI is InChI=1S/C17H8ClF3N2O/c18-15-12-7-6-10(17(19,20)21)8-14(12)23(16(24)13(15)9-22)11-4-2-1-3-5-11/h1-8H. The van der Waals surface area contributed by atoms with Gasteiger partial charge in [-0.2, -0.15) is 18.4 Å². The van der Waals surface area contributed by atoms with Crippen LogP contribution in [0.4, 0.5) is 13.2 Å². The predicted molar refractivity (Wildman–Crippen MR) is 84.3 cm³/mol. The molecule has 0 saturated heterocycles. The third-order valence-corrected chi connectivity index (χ3v) is 3.96. The fourth-order valence-electron chi connectivity index (χ4n) is 2.46. The first-order valence-corrected chi connectivity index (χ1v) is 7.13. The van der Waals surface area contributed by atoms with E-state index in [1.807, 2.05) is 0 Å². The summed E-state index contributed by atoms with van der Waals surface area (Å²) in [6, 6.07) is 12.7. The summed E-state index contributed by atoms with van der Waals surface area (Å²) in [6.07, 6.45) is -4.56. The van der Waals surface area contributed by atoms with Gasteiger partial charge in [0.2, 0.25) is 0 Å². The first-order chi connectivity index (χ1) is 11.3. The molecule has 0 fully saturated rings. The molecule has 0 saturated carbocycles. The van der Waals surface area contributed by atoms with Crippen molar-refractivity contribution in [3.05, 3.63) is 75.0 Å². The van der Waals surface area contributed by atoms with Crippen LogP contribution in [0.3, 0.4) is 0 Å². The topological polar surface area (TPSA) is 45.8 Å². The zero-order valence-electron chi connectivity index (χ0n) is 11.9. The molecule has 0 aliphatic heterocycles. The number of aromatic nitrogens is 1. The van der Waals surface area contributed by atoms with Gasteiger partial charge in [-0.25, -0.2) is 0 Å². The summed E-state index contributed by atoms with van der Waals surface area (Å²) in [5, 5.41) is 9.23. The SMILES string of the molecule is N#Cc1c(Cl)c2ccc(C(F)(F)F)cc2n(-c2ccccc2)c1=O. The highest BCUT2D eigenvalue weighted by Gasteiger charge is 2.31. The minimum absolute atomic E-state index is 0.00924. The van der Waals surface area contributed by atoms with Crippen LogP contribution in [0.5, 0.6) is 0 Å². The predicted octanol–water partition coefficient (Wildman–Crippen LogP) is 4.53. The molecule has 1 aromatic heterocycles. The second-order valence-corrected chi connectivity index (χ2v) is 5.38. The monoisotopic (exact) mass is 348 g/mol. The number of fused-ring (bicyclic) bond motifs is 1. The largest absolute Gasteiger partial charge is 0.416 e. The maximum absolute atomic E-state index is 13.0. The molecular weight excluding hydrogens is 341 g/mol. The minimum Gasteiger partial charge on any atom is -0.276 e. The molecule has 7 heteroatoms. The second kappa shape index (κ2) is 5.69. The van der Waals surface area contributed by atoms with Crippen LogP contribution in [-0.4, -0.2) is 4.57 Å². The second-order valence-electron chi connectivity index (χ2n) is 5.01. The number of hydrogen-bond acceptors (Lipinski definition) is 2. The van der Waals surface area contributed by atoms with Gasteiger partial charge in [-0.3, -0.25) is 9.36 Å². The summed E-state index contributed by atoms with van der Waals surface area (Å²) in [4.78, 5) is 12.6. The van der Waals surface area contributed by atoms with E-state index in [0.717, 1.165) is 16.7 Å². The molecule has 0 amide bonds. The number of pyridine rings is 1. The van der Waals surface area contributed by atoms with Crippen LogP contribution in [0.25, 0.3) is 16.6 Å². The van der Waals surface area contributed by atoms with Crippen molar-refractivity contribution >= 4 is 22.5 Å². The number of alkyl halides is 3. The summed E-state index contributed by atoms with van der Waals surface area (Å²) in [5.74, 6) is 0. The minimum atomic E-state index is -4.56. The molecule has 0 spiro atoms. The van der Waals surface area contributed by atoms with Gasteiger partial charge < -0.3 is 0 Å². The van der Waals surface area contributed by atoms with Gasteiger partial charge in [0.25, 0.3) is 5.56 Å². The summed E-state index contributed by atoms with van der Waals surface area (Å²) in [7, 11) is 0. The van der Waals surface area contributed by atoms with Crippen LogP contribution >= 0.6 is 11.6 Å². The number of nitriles is 1. The number of hydrogen-bond donors (Lipinski definition) is 0. The Labute approximate surface area is 139 Å². The van der Waals surface area contributed by atoms with Gasteiger partial charge in [0.15, 0.2) is 0 Å². The zero-order chi connectivity index (χ0) is 17.5. The molecular formula is C17H8ClF3N2O. The number of para-hydroxylation sites is 1. The molecule has 0 unspecified atom stereocenters. The lowest BCUT2D eigenvalue weighted by Gasteiger charge is -2.15. The van der Waals surface area contributed by atoms with Crippen LogP contribution in [0, 0.1) is 11.3 Å². The summed E-state index contributed by atoms with van der Waals surface area (Å²) < 4.78 is 40.1. The fraction of sp³-hybridized carbons (Fsp3) is 0.0588. The van der Waals surface area contributed by atoms with Gasteiger partial charge in [-0.05, 0) is 24.3 Å².